The van der Waals surface area contributed by atoms with Gasteiger partial charge in [0, 0.05) is 6.42 Å². The molecule has 0 aromatic heterocycles. The molecule has 0 amide bonds. The van der Waals surface area contributed by atoms with Gasteiger partial charge >= 0.3 is 0 Å². The van der Waals surface area contributed by atoms with Crippen LogP contribution in [0.2, 0.25) is 0 Å². The van der Waals surface area contributed by atoms with Gasteiger partial charge in [-0.15, -0.1) is 0 Å². The van der Waals surface area contributed by atoms with Crippen LogP contribution in [-0.4, -0.2) is 11.9 Å². The first-order valence-electron chi connectivity index (χ1n) is 5.06. The predicted octanol–water partition coefficient (Wildman–Crippen LogP) is 3.33. The fraction of sp³-hybridized carbons (Fsp3) is 0.417. The van der Waals surface area contributed by atoms with E-state index in [1.807, 2.05) is 13.8 Å². The molecule has 1 atom stereocenters. The van der Waals surface area contributed by atoms with E-state index < -0.39 is 5.41 Å². The number of benzene rings is 1. The third-order valence-corrected chi connectivity index (χ3v) is 3.67. The Balaban J connectivity index is 2.11. The molecule has 1 aliphatic carbocycles. The highest BCUT2D eigenvalue weighted by molar-refractivity contribution is 9.10. The summed E-state index contributed by atoms with van der Waals surface area (Å²) in [6.07, 6.45) is 0.319. The van der Waals surface area contributed by atoms with Gasteiger partial charge in [0.15, 0.2) is 0 Å². The smallest absolute Gasteiger partial charge is 0.145 e. The Bertz CT molecular complexity index is 443. The van der Waals surface area contributed by atoms with Gasteiger partial charge in [-0.2, -0.15) is 0 Å². The lowest BCUT2D eigenvalue weighted by atomic mass is 9.68. The molecule has 1 aromatic carbocycles. The van der Waals surface area contributed by atoms with Crippen molar-refractivity contribution in [1.29, 1.82) is 0 Å². The number of halogens is 2. The second kappa shape index (κ2) is 3.84. The van der Waals surface area contributed by atoms with Crippen LogP contribution in [0.5, 0.6) is 5.75 Å². The van der Waals surface area contributed by atoms with E-state index in [9.17, 15) is 9.18 Å². The third kappa shape index (κ3) is 1.86. The van der Waals surface area contributed by atoms with E-state index in [0.29, 0.717) is 16.6 Å². The van der Waals surface area contributed by atoms with Crippen LogP contribution in [0.4, 0.5) is 4.39 Å². The van der Waals surface area contributed by atoms with Crippen molar-refractivity contribution in [3.63, 3.8) is 0 Å². The Kier molecular flexibility index (Phi) is 2.78. The van der Waals surface area contributed by atoms with Crippen molar-refractivity contribution in [2.24, 2.45) is 5.41 Å². The Labute approximate surface area is 102 Å². The summed E-state index contributed by atoms with van der Waals surface area (Å²) >= 11 is 3.09. The number of hydrogen-bond acceptors (Lipinski definition) is 2. The van der Waals surface area contributed by atoms with E-state index in [-0.39, 0.29) is 17.7 Å². The summed E-state index contributed by atoms with van der Waals surface area (Å²) in [4.78, 5) is 11.3. The zero-order valence-electron chi connectivity index (χ0n) is 9.09. The highest BCUT2D eigenvalue weighted by atomic mass is 79.9. The summed E-state index contributed by atoms with van der Waals surface area (Å²) in [5.74, 6) is 0.467. The molecule has 2 rings (SSSR count). The Morgan fingerprint density at radius 1 is 1.50 bits per heavy atom. The van der Waals surface area contributed by atoms with Crippen molar-refractivity contribution in [3.05, 3.63) is 28.5 Å². The first-order chi connectivity index (χ1) is 7.41. The van der Waals surface area contributed by atoms with Gasteiger partial charge in [-0.25, -0.2) is 4.39 Å². The monoisotopic (exact) mass is 286 g/mol. The molecule has 1 saturated carbocycles. The van der Waals surface area contributed by atoms with Gasteiger partial charge in [-0.1, -0.05) is 0 Å². The summed E-state index contributed by atoms with van der Waals surface area (Å²) in [7, 11) is 0. The van der Waals surface area contributed by atoms with E-state index in [2.05, 4.69) is 15.9 Å². The van der Waals surface area contributed by atoms with Gasteiger partial charge < -0.3 is 4.74 Å². The average molecular weight is 287 g/mol. The number of ether oxygens (including phenoxy) is 1. The lowest BCUT2D eigenvalue weighted by Gasteiger charge is -2.41. The van der Waals surface area contributed by atoms with Gasteiger partial charge in [0.25, 0.3) is 0 Å². The quantitative estimate of drug-likeness (QED) is 0.834. The number of carbonyl (C=O) groups excluding carboxylic acids is 1. The van der Waals surface area contributed by atoms with Gasteiger partial charge in [0.05, 0.1) is 9.89 Å². The molecule has 4 heteroatoms. The van der Waals surface area contributed by atoms with Crippen molar-refractivity contribution < 1.29 is 13.9 Å². The molecule has 0 radical (unpaired) electrons. The van der Waals surface area contributed by atoms with Crippen LogP contribution < -0.4 is 4.74 Å². The minimum absolute atomic E-state index is 0.114. The molecule has 16 heavy (non-hydrogen) atoms. The summed E-state index contributed by atoms with van der Waals surface area (Å²) in [5, 5.41) is 0. The van der Waals surface area contributed by atoms with Crippen LogP contribution >= 0.6 is 15.9 Å². The van der Waals surface area contributed by atoms with Crippen LogP contribution in [-0.2, 0) is 4.79 Å². The molecule has 1 fully saturated rings. The standard InChI is InChI=1S/C12H12BrFO2/c1-12(2)10(15)6-11(12)16-7-3-4-9(14)8(13)5-7/h3-5,11H,6H2,1-2H3. The summed E-state index contributed by atoms with van der Waals surface area (Å²) in [5.41, 5.74) is -0.430. The molecule has 1 unspecified atom stereocenters. The molecule has 0 bridgehead atoms. The maximum atomic E-state index is 13.0. The molecule has 1 aromatic rings. The van der Waals surface area contributed by atoms with Crippen LogP contribution in [0.15, 0.2) is 22.7 Å². The number of rotatable bonds is 2. The molecular weight excluding hydrogens is 275 g/mol. The van der Waals surface area contributed by atoms with Crippen molar-refractivity contribution in [1.82, 2.24) is 0 Å². The lowest BCUT2D eigenvalue weighted by Crippen LogP contribution is -2.52. The predicted molar refractivity (Wildman–Crippen MR) is 61.9 cm³/mol. The van der Waals surface area contributed by atoms with Crippen LogP contribution in [0.25, 0.3) is 0 Å². The number of ketones is 1. The zero-order chi connectivity index (χ0) is 11.9. The number of Topliss-reactive ketones (excluding diaryl/α,β-unsaturated/α-hetero) is 1. The van der Waals surface area contributed by atoms with Crippen LogP contribution in [0.3, 0.4) is 0 Å². The second-order valence-electron chi connectivity index (χ2n) is 4.53. The summed E-state index contributed by atoms with van der Waals surface area (Å²) in [6, 6.07) is 4.49. The highest BCUT2D eigenvalue weighted by Gasteiger charge is 2.49. The Morgan fingerprint density at radius 2 is 2.19 bits per heavy atom. The fourth-order valence-electron chi connectivity index (χ4n) is 1.64. The fourth-order valence-corrected chi connectivity index (χ4v) is 2.00. The first kappa shape index (κ1) is 11.6. The molecule has 2 nitrogen and oxygen atoms in total. The summed E-state index contributed by atoms with van der Waals surface area (Å²) < 4.78 is 19.0. The topological polar surface area (TPSA) is 26.3 Å². The summed E-state index contributed by atoms with van der Waals surface area (Å²) in [6.45, 7) is 3.73. The number of carbonyl (C=O) groups is 1. The second-order valence-corrected chi connectivity index (χ2v) is 5.39. The van der Waals surface area contributed by atoms with Gasteiger partial charge in [0.2, 0.25) is 0 Å². The van der Waals surface area contributed by atoms with E-state index in [4.69, 9.17) is 4.74 Å². The number of hydrogen-bond donors (Lipinski definition) is 0. The normalized spacial score (nSPS) is 22.8. The van der Waals surface area contributed by atoms with Crippen molar-refractivity contribution in [2.45, 2.75) is 26.4 Å². The van der Waals surface area contributed by atoms with E-state index >= 15 is 0 Å². The molecule has 86 valence electrons. The molecule has 0 N–H and O–H groups in total. The van der Waals surface area contributed by atoms with E-state index in [1.165, 1.54) is 6.07 Å². The largest absolute Gasteiger partial charge is 0.489 e. The zero-order valence-corrected chi connectivity index (χ0v) is 10.7. The maximum absolute atomic E-state index is 13.0. The maximum Gasteiger partial charge on any atom is 0.145 e. The SMILES string of the molecule is CC1(C)C(=O)CC1Oc1ccc(F)c(Br)c1. The Morgan fingerprint density at radius 3 is 2.69 bits per heavy atom. The molecule has 1 aliphatic rings. The minimum atomic E-state index is -0.430. The van der Waals surface area contributed by atoms with E-state index in [0.717, 1.165) is 0 Å². The van der Waals surface area contributed by atoms with Crippen molar-refractivity contribution in [2.75, 3.05) is 0 Å². The molecular formula is C12H12BrFO2. The molecule has 0 heterocycles. The molecule has 0 saturated heterocycles. The van der Waals surface area contributed by atoms with Gasteiger partial charge in [-0.3, -0.25) is 4.79 Å². The molecule has 0 spiro atoms. The van der Waals surface area contributed by atoms with Crippen molar-refractivity contribution in [3.8, 4) is 5.75 Å². The van der Waals surface area contributed by atoms with Crippen LogP contribution in [0.1, 0.15) is 20.3 Å². The van der Waals surface area contributed by atoms with Gasteiger partial charge in [0.1, 0.15) is 23.5 Å². The lowest BCUT2D eigenvalue weighted by molar-refractivity contribution is -0.148. The minimum Gasteiger partial charge on any atom is -0.489 e. The Hall–Kier alpha value is -0.900. The third-order valence-electron chi connectivity index (χ3n) is 3.06. The average Bonchev–Trinajstić information content (AvgIpc) is 2.23. The highest BCUT2D eigenvalue weighted by Crippen LogP contribution is 2.39. The van der Waals surface area contributed by atoms with Crippen molar-refractivity contribution >= 4 is 21.7 Å². The van der Waals surface area contributed by atoms with E-state index in [1.54, 1.807) is 12.1 Å². The van der Waals surface area contributed by atoms with Crippen LogP contribution in [0, 0.1) is 11.2 Å². The first-order valence-corrected chi connectivity index (χ1v) is 5.85. The molecule has 0 aliphatic heterocycles. The van der Waals surface area contributed by atoms with Gasteiger partial charge in [-0.05, 0) is 48.0 Å².